The number of hydrogen-bond donors (Lipinski definition) is 0. The Balaban J connectivity index is 2.64. The molecule has 0 fully saturated rings. The first-order chi connectivity index (χ1) is 9.62. The van der Waals surface area contributed by atoms with Gasteiger partial charge < -0.3 is 4.74 Å². The summed E-state index contributed by atoms with van der Waals surface area (Å²) in [6.07, 6.45) is 4.03. The standard InChI is InChI=1S/C15H16O2S3/c1-9-5-7-10(8-6-9)11-12(18-3)13(14(16)17-2)20-15(11)19-4/h5-8H,1-4H3. The van der Waals surface area contributed by atoms with Crippen molar-refractivity contribution in [1.82, 2.24) is 0 Å². The number of esters is 1. The lowest BCUT2D eigenvalue weighted by Gasteiger charge is -2.06. The summed E-state index contributed by atoms with van der Waals surface area (Å²) in [5.74, 6) is -0.256. The minimum Gasteiger partial charge on any atom is -0.465 e. The Bertz CT molecular complexity index is 615. The number of benzene rings is 1. The highest BCUT2D eigenvalue weighted by molar-refractivity contribution is 8.01. The highest BCUT2D eigenvalue weighted by atomic mass is 32.2. The van der Waals surface area contributed by atoms with Crippen molar-refractivity contribution >= 4 is 40.8 Å². The van der Waals surface area contributed by atoms with E-state index in [-0.39, 0.29) is 5.97 Å². The van der Waals surface area contributed by atoms with Crippen molar-refractivity contribution in [3.8, 4) is 11.1 Å². The number of carbonyl (C=O) groups excluding carboxylic acids is 1. The van der Waals surface area contributed by atoms with E-state index >= 15 is 0 Å². The molecule has 0 unspecified atom stereocenters. The van der Waals surface area contributed by atoms with E-state index in [1.165, 1.54) is 24.0 Å². The molecule has 0 N–H and O–H groups in total. The molecule has 0 saturated heterocycles. The van der Waals surface area contributed by atoms with E-state index in [2.05, 4.69) is 31.2 Å². The first-order valence-electron chi connectivity index (χ1n) is 6.02. The van der Waals surface area contributed by atoms with Crippen LogP contribution in [-0.2, 0) is 4.74 Å². The molecule has 20 heavy (non-hydrogen) atoms. The Hall–Kier alpha value is -0.910. The second-order valence-electron chi connectivity index (χ2n) is 4.19. The lowest BCUT2D eigenvalue weighted by molar-refractivity contribution is 0.0603. The molecule has 0 aliphatic rings. The number of hydrogen-bond acceptors (Lipinski definition) is 5. The molecule has 2 nitrogen and oxygen atoms in total. The van der Waals surface area contributed by atoms with Gasteiger partial charge in [0.05, 0.1) is 11.3 Å². The van der Waals surface area contributed by atoms with Crippen molar-refractivity contribution in [1.29, 1.82) is 0 Å². The molecule has 2 aromatic rings. The zero-order chi connectivity index (χ0) is 14.7. The third-order valence-electron chi connectivity index (χ3n) is 2.93. The first-order valence-corrected chi connectivity index (χ1v) is 9.29. The van der Waals surface area contributed by atoms with E-state index in [0.29, 0.717) is 4.88 Å². The molecule has 0 bridgehead atoms. The summed E-state index contributed by atoms with van der Waals surface area (Å²) in [5.41, 5.74) is 3.53. The Labute approximate surface area is 131 Å². The fourth-order valence-corrected chi connectivity index (χ4v) is 5.00. The number of rotatable bonds is 4. The van der Waals surface area contributed by atoms with Gasteiger partial charge in [0.15, 0.2) is 0 Å². The van der Waals surface area contributed by atoms with Crippen molar-refractivity contribution in [2.75, 3.05) is 19.6 Å². The van der Waals surface area contributed by atoms with Gasteiger partial charge >= 0.3 is 5.97 Å². The minimum atomic E-state index is -0.256. The molecule has 0 aliphatic carbocycles. The van der Waals surface area contributed by atoms with Crippen LogP contribution in [0.1, 0.15) is 15.2 Å². The zero-order valence-electron chi connectivity index (χ0n) is 11.9. The second kappa shape index (κ2) is 6.70. The maximum atomic E-state index is 11.9. The molecule has 0 aliphatic heterocycles. The van der Waals surface area contributed by atoms with Gasteiger partial charge in [-0.2, -0.15) is 0 Å². The van der Waals surface area contributed by atoms with Gasteiger partial charge in [0.2, 0.25) is 0 Å². The van der Waals surface area contributed by atoms with E-state index in [1.807, 2.05) is 12.5 Å². The average molecular weight is 324 g/mol. The van der Waals surface area contributed by atoms with Gasteiger partial charge in [-0.3, -0.25) is 0 Å². The lowest BCUT2D eigenvalue weighted by Crippen LogP contribution is -1.99. The first kappa shape index (κ1) is 15.5. The monoisotopic (exact) mass is 324 g/mol. The van der Waals surface area contributed by atoms with Gasteiger partial charge in [0, 0.05) is 10.5 Å². The number of methoxy groups -OCH3 is 1. The zero-order valence-corrected chi connectivity index (χ0v) is 14.3. The van der Waals surface area contributed by atoms with E-state index in [0.717, 1.165) is 20.2 Å². The van der Waals surface area contributed by atoms with Crippen molar-refractivity contribution in [2.24, 2.45) is 0 Å². The van der Waals surface area contributed by atoms with Crippen LogP contribution in [0.5, 0.6) is 0 Å². The topological polar surface area (TPSA) is 26.3 Å². The molecule has 5 heteroatoms. The summed E-state index contributed by atoms with van der Waals surface area (Å²) >= 11 is 4.78. The van der Waals surface area contributed by atoms with Crippen LogP contribution >= 0.6 is 34.9 Å². The van der Waals surface area contributed by atoms with Crippen molar-refractivity contribution in [2.45, 2.75) is 16.0 Å². The van der Waals surface area contributed by atoms with E-state index < -0.39 is 0 Å². The molecule has 106 valence electrons. The summed E-state index contributed by atoms with van der Waals surface area (Å²) in [6.45, 7) is 2.07. The Kier molecular flexibility index (Phi) is 5.18. The van der Waals surface area contributed by atoms with Gasteiger partial charge in [-0.25, -0.2) is 4.79 Å². The van der Waals surface area contributed by atoms with Crippen LogP contribution in [0, 0.1) is 6.92 Å². The van der Waals surface area contributed by atoms with Gasteiger partial charge in [-0.1, -0.05) is 29.8 Å². The van der Waals surface area contributed by atoms with Crippen LogP contribution in [0.25, 0.3) is 11.1 Å². The van der Waals surface area contributed by atoms with Gasteiger partial charge in [-0.15, -0.1) is 34.9 Å². The van der Waals surface area contributed by atoms with Crippen LogP contribution in [0.2, 0.25) is 0 Å². The summed E-state index contributed by atoms with van der Waals surface area (Å²) in [7, 11) is 1.43. The van der Waals surface area contributed by atoms with Gasteiger partial charge in [0.1, 0.15) is 4.88 Å². The minimum absolute atomic E-state index is 0.256. The third kappa shape index (κ3) is 2.90. The maximum absolute atomic E-state index is 11.9. The summed E-state index contributed by atoms with van der Waals surface area (Å²) in [4.78, 5) is 13.6. The largest absolute Gasteiger partial charge is 0.465 e. The smallest absolute Gasteiger partial charge is 0.349 e. The number of aryl methyl sites for hydroxylation is 1. The molecule has 0 spiro atoms. The SMILES string of the molecule is COC(=O)c1sc(SC)c(-c2ccc(C)cc2)c1SC. The molecule has 0 amide bonds. The van der Waals surface area contributed by atoms with Crippen molar-refractivity contribution < 1.29 is 9.53 Å². The molecule has 1 aromatic heterocycles. The molecule has 0 atom stereocenters. The van der Waals surface area contributed by atoms with Crippen LogP contribution in [-0.4, -0.2) is 25.6 Å². The summed E-state index contributed by atoms with van der Waals surface area (Å²) in [5, 5.41) is 0. The lowest BCUT2D eigenvalue weighted by atomic mass is 10.1. The van der Waals surface area contributed by atoms with Crippen LogP contribution in [0.3, 0.4) is 0 Å². The van der Waals surface area contributed by atoms with Crippen LogP contribution < -0.4 is 0 Å². The molecule has 2 rings (SSSR count). The molecule has 1 heterocycles. The van der Waals surface area contributed by atoms with Gasteiger partial charge in [0.25, 0.3) is 0 Å². The Morgan fingerprint density at radius 2 is 1.80 bits per heavy atom. The number of thioether (sulfide) groups is 2. The number of thiophene rings is 1. The van der Waals surface area contributed by atoms with E-state index in [1.54, 1.807) is 23.5 Å². The predicted molar refractivity (Wildman–Crippen MR) is 89.4 cm³/mol. The van der Waals surface area contributed by atoms with E-state index in [9.17, 15) is 4.79 Å². The molecule has 0 radical (unpaired) electrons. The van der Waals surface area contributed by atoms with Crippen molar-refractivity contribution in [3.05, 3.63) is 34.7 Å². The number of carbonyl (C=O) groups is 1. The second-order valence-corrected chi connectivity index (χ2v) is 7.10. The highest BCUT2D eigenvalue weighted by Crippen LogP contribution is 2.46. The Morgan fingerprint density at radius 3 is 2.30 bits per heavy atom. The molecular weight excluding hydrogens is 308 g/mol. The summed E-state index contributed by atoms with van der Waals surface area (Å²) in [6, 6.07) is 8.41. The van der Waals surface area contributed by atoms with Crippen LogP contribution in [0.15, 0.2) is 33.4 Å². The normalized spacial score (nSPS) is 10.6. The molecule has 0 saturated carbocycles. The third-order valence-corrected chi connectivity index (χ3v) is 6.17. The fourth-order valence-electron chi connectivity index (χ4n) is 1.93. The molecular formula is C15H16O2S3. The van der Waals surface area contributed by atoms with E-state index in [4.69, 9.17) is 4.74 Å². The predicted octanol–water partition coefficient (Wildman–Crippen LogP) is 4.95. The number of ether oxygens (including phenoxy) is 1. The highest BCUT2D eigenvalue weighted by Gasteiger charge is 2.23. The van der Waals surface area contributed by atoms with Crippen molar-refractivity contribution in [3.63, 3.8) is 0 Å². The van der Waals surface area contributed by atoms with Gasteiger partial charge in [-0.05, 0) is 25.0 Å². The fraction of sp³-hybridized carbons (Fsp3) is 0.267. The molecule has 1 aromatic carbocycles. The van der Waals surface area contributed by atoms with Crippen LogP contribution in [0.4, 0.5) is 0 Å². The summed E-state index contributed by atoms with van der Waals surface area (Å²) < 4.78 is 6.05. The Morgan fingerprint density at radius 1 is 1.15 bits per heavy atom. The quantitative estimate of drug-likeness (QED) is 0.587. The maximum Gasteiger partial charge on any atom is 0.349 e. The average Bonchev–Trinajstić information content (AvgIpc) is 2.85.